The molecule has 0 radical (unpaired) electrons. The van der Waals surface area contributed by atoms with Gasteiger partial charge in [-0.3, -0.25) is 0 Å². The van der Waals surface area contributed by atoms with Gasteiger partial charge in [-0.25, -0.2) is 15.3 Å². The number of nitrogens with zero attached hydrogens (tertiary/aromatic N) is 4. The maximum atomic E-state index is 12.2. The summed E-state index contributed by atoms with van der Waals surface area (Å²) in [6.07, 6.45) is 10.6. The zero-order chi connectivity index (χ0) is 29.4. The molecule has 2 heterocycles. The molecular formula is C33H42N6O3. The van der Waals surface area contributed by atoms with Crippen molar-refractivity contribution in [2.75, 3.05) is 20.1 Å². The van der Waals surface area contributed by atoms with Gasteiger partial charge < -0.3 is 25.5 Å². The van der Waals surface area contributed by atoms with E-state index < -0.39 is 5.97 Å². The minimum atomic E-state index is -0.990. The second-order valence-corrected chi connectivity index (χ2v) is 12.4. The molecule has 1 aliphatic heterocycles. The Morgan fingerprint density at radius 2 is 1.83 bits per heavy atom. The molecule has 2 unspecified atom stereocenters. The standard InChI is InChI=1S/C33H42N6O3/c1-21(22-8-4-3-5-9-22)42-27-13-7-11-24(15-27)23-10-6-12-25(14-23)39-32(30(17-36-39)33(40)41)29-16-28(29)31(34)20-38(35)26-18-37(2)19-26/h6-7,10-15,17,20-22,26,28-29H,3-5,8-9,16,18-19,34-35H2,1-2H3,(H,40,41)/b31-20-/t21?,28?,29-/m1/s1. The van der Waals surface area contributed by atoms with Gasteiger partial charge in [-0.15, -0.1) is 0 Å². The third-order valence-electron chi connectivity index (χ3n) is 9.27. The molecule has 2 aliphatic carbocycles. The summed E-state index contributed by atoms with van der Waals surface area (Å²) in [5, 5.41) is 16.2. The summed E-state index contributed by atoms with van der Waals surface area (Å²) in [6.45, 7) is 3.98. The highest BCUT2D eigenvalue weighted by Crippen LogP contribution is 2.52. The zero-order valence-corrected chi connectivity index (χ0v) is 24.5. The van der Waals surface area contributed by atoms with Crippen LogP contribution >= 0.6 is 0 Å². The Labute approximate surface area is 247 Å². The zero-order valence-electron chi connectivity index (χ0n) is 24.5. The van der Waals surface area contributed by atoms with E-state index in [2.05, 4.69) is 48.2 Å². The summed E-state index contributed by atoms with van der Waals surface area (Å²) in [7, 11) is 2.06. The number of rotatable bonds is 10. The van der Waals surface area contributed by atoms with Gasteiger partial charge in [0.1, 0.15) is 11.3 Å². The molecule has 3 atom stereocenters. The van der Waals surface area contributed by atoms with E-state index in [4.69, 9.17) is 16.3 Å². The second kappa shape index (κ2) is 11.8. The van der Waals surface area contributed by atoms with E-state index in [1.54, 1.807) is 9.69 Å². The van der Waals surface area contributed by atoms with E-state index >= 15 is 0 Å². The molecule has 0 spiro atoms. The summed E-state index contributed by atoms with van der Waals surface area (Å²) in [4.78, 5) is 14.4. The van der Waals surface area contributed by atoms with Crippen LogP contribution in [0.5, 0.6) is 5.75 Å². The largest absolute Gasteiger partial charge is 0.490 e. The molecular weight excluding hydrogens is 528 g/mol. The van der Waals surface area contributed by atoms with Crippen molar-refractivity contribution < 1.29 is 14.6 Å². The first kappa shape index (κ1) is 28.3. The van der Waals surface area contributed by atoms with Gasteiger partial charge in [0.2, 0.25) is 0 Å². The molecule has 3 aromatic rings. The number of hydrogen-bond acceptors (Lipinski definition) is 7. The molecule has 6 rings (SSSR count). The van der Waals surface area contributed by atoms with Crippen molar-refractivity contribution in [1.29, 1.82) is 0 Å². The summed E-state index contributed by atoms with van der Waals surface area (Å²) >= 11 is 0. The van der Waals surface area contributed by atoms with E-state index in [-0.39, 0.29) is 29.5 Å². The maximum absolute atomic E-state index is 12.2. The summed E-state index contributed by atoms with van der Waals surface area (Å²) in [6, 6.07) is 16.5. The summed E-state index contributed by atoms with van der Waals surface area (Å²) < 4.78 is 8.16. The monoisotopic (exact) mass is 570 g/mol. The average molecular weight is 571 g/mol. The number of allylic oxidation sites excluding steroid dienone is 1. The molecule has 5 N–H and O–H groups in total. The van der Waals surface area contributed by atoms with Crippen molar-refractivity contribution in [3.63, 3.8) is 0 Å². The fourth-order valence-corrected chi connectivity index (χ4v) is 6.66. The number of benzene rings is 2. The number of likely N-dealkylation sites (N-methyl/N-ethyl adjacent to an activating group) is 1. The van der Waals surface area contributed by atoms with Crippen LogP contribution in [0.15, 0.2) is 66.6 Å². The lowest BCUT2D eigenvalue weighted by molar-refractivity contribution is 0.0695. The van der Waals surface area contributed by atoms with Crippen molar-refractivity contribution in [2.24, 2.45) is 23.4 Å². The first-order valence-corrected chi connectivity index (χ1v) is 15.2. The van der Waals surface area contributed by atoms with E-state index in [1.807, 2.05) is 30.5 Å². The van der Waals surface area contributed by atoms with Gasteiger partial charge in [-0.05, 0) is 74.5 Å². The van der Waals surface area contributed by atoms with Gasteiger partial charge in [-0.2, -0.15) is 5.10 Å². The molecule has 0 bridgehead atoms. The fourth-order valence-electron chi connectivity index (χ4n) is 6.66. The van der Waals surface area contributed by atoms with E-state index in [0.29, 0.717) is 17.3 Å². The highest BCUT2D eigenvalue weighted by molar-refractivity contribution is 5.89. The maximum Gasteiger partial charge on any atom is 0.339 e. The van der Waals surface area contributed by atoms with Gasteiger partial charge in [0.15, 0.2) is 0 Å². The van der Waals surface area contributed by atoms with Crippen LogP contribution in [0.2, 0.25) is 0 Å². The third kappa shape index (κ3) is 5.89. The Morgan fingerprint density at radius 1 is 1.12 bits per heavy atom. The minimum Gasteiger partial charge on any atom is -0.490 e. The van der Waals surface area contributed by atoms with Crippen LogP contribution in [0.25, 0.3) is 16.8 Å². The topological polar surface area (TPSA) is 123 Å². The number of nitrogens with two attached hydrogens (primary N) is 2. The number of hydrazine groups is 1. The van der Waals surface area contributed by atoms with Crippen molar-refractivity contribution in [2.45, 2.75) is 63.5 Å². The minimum absolute atomic E-state index is 0.0190. The van der Waals surface area contributed by atoms with Gasteiger partial charge in [-0.1, -0.05) is 43.5 Å². The molecule has 1 saturated heterocycles. The first-order valence-electron chi connectivity index (χ1n) is 15.2. The predicted molar refractivity (Wildman–Crippen MR) is 163 cm³/mol. The normalized spacial score (nSPS) is 22.4. The lowest BCUT2D eigenvalue weighted by Crippen LogP contribution is -2.58. The van der Waals surface area contributed by atoms with E-state index in [9.17, 15) is 9.90 Å². The molecule has 1 aromatic heterocycles. The van der Waals surface area contributed by atoms with E-state index in [0.717, 1.165) is 42.1 Å². The summed E-state index contributed by atoms with van der Waals surface area (Å²) in [5.74, 6) is 6.71. The molecule has 2 saturated carbocycles. The molecule has 3 fully saturated rings. The molecule has 0 amide bonds. The molecule has 9 nitrogen and oxygen atoms in total. The van der Waals surface area contributed by atoms with Crippen LogP contribution in [0.4, 0.5) is 0 Å². The van der Waals surface area contributed by atoms with Gasteiger partial charge >= 0.3 is 5.97 Å². The lowest BCUT2D eigenvalue weighted by atomic mass is 9.86. The second-order valence-electron chi connectivity index (χ2n) is 12.4. The number of aromatic nitrogens is 2. The van der Waals surface area contributed by atoms with Crippen molar-refractivity contribution in [3.8, 4) is 22.6 Å². The molecule has 3 aliphatic rings. The van der Waals surface area contributed by atoms with Crippen molar-refractivity contribution in [3.05, 3.63) is 77.9 Å². The van der Waals surface area contributed by atoms with Gasteiger partial charge in [0, 0.05) is 36.8 Å². The smallest absolute Gasteiger partial charge is 0.339 e. The van der Waals surface area contributed by atoms with Crippen LogP contribution in [-0.2, 0) is 0 Å². The van der Waals surface area contributed by atoms with Crippen molar-refractivity contribution in [1.82, 2.24) is 19.7 Å². The average Bonchev–Trinajstić information content (AvgIpc) is 3.65. The SMILES string of the molecule is CC(Oc1cccc(-c2cccc(-n3ncc(C(=O)O)c3[C@@H]3CC3/C(N)=C/N(N)C3CN(C)C3)c2)c1)C1CCCCC1. The lowest BCUT2D eigenvalue weighted by Gasteiger charge is -2.41. The summed E-state index contributed by atoms with van der Waals surface area (Å²) in [5.41, 5.74) is 10.9. The number of likely N-dealkylation sites (tertiary alicyclic amines) is 1. The van der Waals surface area contributed by atoms with Crippen LogP contribution in [0.3, 0.4) is 0 Å². The molecule has 42 heavy (non-hydrogen) atoms. The molecule has 9 heteroatoms. The van der Waals surface area contributed by atoms with Crippen LogP contribution < -0.4 is 16.3 Å². The Morgan fingerprint density at radius 3 is 2.55 bits per heavy atom. The Kier molecular flexibility index (Phi) is 7.96. The number of ether oxygens (including phenoxy) is 1. The Balaban J connectivity index is 1.23. The van der Waals surface area contributed by atoms with Crippen molar-refractivity contribution >= 4 is 5.97 Å². The van der Waals surface area contributed by atoms with Gasteiger partial charge in [0.25, 0.3) is 0 Å². The highest BCUT2D eigenvalue weighted by Gasteiger charge is 2.45. The highest BCUT2D eigenvalue weighted by atomic mass is 16.5. The molecule has 222 valence electrons. The Bertz CT molecular complexity index is 1460. The Hall–Kier alpha value is -3.82. The number of aromatic carboxylic acids is 1. The van der Waals surface area contributed by atoms with Crippen LogP contribution in [0, 0.1) is 11.8 Å². The number of hydrogen-bond donors (Lipinski definition) is 3. The number of carboxylic acid groups (broad SMARTS) is 1. The van der Waals surface area contributed by atoms with Gasteiger partial charge in [0.05, 0.1) is 29.7 Å². The third-order valence-corrected chi connectivity index (χ3v) is 9.27. The number of carboxylic acids is 1. The fraction of sp³-hybridized carbons (Fsp3) is 0.455. The number of carbonyl (C=O) groups is 1. The van der Waals surface area contributed by atoms with Crippen LogP contribution in [0.1, 0.15) is 67.4 Å². The quantitative estimate of drug-likeness (QED) is 0.230. The first-order chi connectivity index (χ1) is 20.3. The van der Waals surface area contributed by atoms with Crippen LogP contribution in [-0.4, -0.2) is 63.0 Å². The predicted octanol–water partition coefficient (Wildman–Crippen LogP) is 4.98. The van der Waals surface area contributed by atoms with E-state index in [1.165, 1.54) is 38.3 Å². The molecule has 2 aromatic carbocycles.